The van der Waals surface area contributed by atoms with Gasteiger partial charge in [0, 0.05) is 47.5 Å². The van der Waals surface area contributed by atoms with Crippen molar-refractivity contribution >= 4 is 21.6 Å². The van der Waals surface area contributed by atoms with Crippen LogP contribution < -0.4 is 9.47 Å². The van der Waals surface area contributed by atoms with E-state index in [1.54, 1.807) is 17.5 Å². The standard InChI is InChI=1S/C23H21F6N3O3S/c1-33-14-2-3-15(17(24)4-14)16-9-36-20-18(16)30-11-31-21(20)35-19-12-5-32(6-13(19)8-34-7-12)10-22(25,26)23(27,28)29/h2-4,9,11-13,19H,5-8,10H2,1H3. The molecule has 6 nitrogen and oxygen atoms in total. The summed E-state index contributed by atoms with van der Waals surface area (Å²) < 4.78 is 97.5. The minimum absolute atomic E-state index is 0.0339. The molecule has 36 heavy (non-hydrogen) atoms. The van der Waals surface area contributed by atoms with Crippen molar-refractivity contribution in [3.05, 3.63) is 35.7 Å². The molecule has 2 aromatic heterocycles. The number of rotatable bonds is 6. The molecule has 0 aliphatic carbocycles. The first-order valence-electron chi connectivity index (χ1n) is 11.0. The Balaban J connectivity index is 1.38. The summed E-state index contributed by atoms with van der Waals surface area (Å²) in [7, 11) is 1.44. The van der Waals surface area contributed by atoms with Gasteiger partial charge in [-0.05, 0) is 12.1 Å². The maximum atomic E-state index is 14.7. The third-order valence-electron chi connectivity index (χ3n) is 6.45. The van der Waals surface area contributed by atoms with Gasteiger partial charge in [0.25, 0.3) is 0 Å². The van der Waals surface area contributed by atoms with Crippen LogP contribution in [0.3, 0.4) is 0 Å². The number of nitrogens with zero attached hydrogens (tertiary/aromatic N) is 3. The topological polar surface area (TPSA) is 56.7 Å². The molecule has 0 radical (unpaired) electrons. The van der Waals surface area contributed by atoms with Gasteiger partial charge in [0.15, 0.2) is 0 Å². The fourth-order valence-corrected chi connectivity index (χ4v) is 5.71. The third kappa shape index (κ3) is 4.59. The quantitative estimate of drug-likeness (QED) is 0.415. The van der Waals surface area contributed by atoms with Gasteiger partial charge in [0.05, 0.1) is 32.4 Å². The molecular weight excluding hydrogens is 512 g/mol. The zero-order valence-electron chi connectivity index (χ0n) is 18.9. The van der Waals surface area contributed by atoms with Gasteiger partial charge in [0.2, 0.25) is 5.88 Å². The lowest BCUT2D eigenvalue weighted by Gasteiger charge is -2.47. The fourth-order valence-electron chi connectivity index (χ4n) is 4.76. The summed E-state index contributed by atoms with van der Waals surface area (Å²) in [6, 6.07) is 4.50. The lowest BCUT2D eigenvalue weighted by atomic mass is 9.84. The number of hydrogen-bond donors (Lipinski definition) is 0. The number of hydrogen-bond acceptors (Lipinski definition) is 7. The summed E-state index contributed by atoms with van der Waals surface area (Å²) in [5.74, 6) is -5.51. The first-order chi connectivity index (χ1) is 17.1. The number of methoxy groups -OCH3 is 1. The van der Waals surface area contributed by atoms with Gasteiger partial charge in [-0.1, -0.05) is 0 Å². The molecule has 4 heterocycles. The molecule has 2 aliphatic rings. The van der Waals surface area contributed by atoms with Crippen LogP contribution in [-0.2, 0) is 4.74 Å². The molecular formula is C23H21F6N3O3S. The van der Waals surface area contributed by atoms with Crippen LogP contribution in [0.5, 0.6) is 11.6 Å². The largest absolute Gasteiger partial charge is 0.497 e. The number of thiophene rings is 1. The molecule has 0 amide bonds. The maximum absolute atomic E-state index is 14.7. The van der Waals surface area contributed by atoms with Crippen LogP contribution in [0.4, 0.5) is 26.3 Å². The van der Waals surface area contributed by atoms with Crippen LogP contribution in [-0.4, -0.2) is 73.0 Å². The van der Waals surface area contributed by atoms with Gasteiger partial charge in [-0.25, -0.2) is 14.4 Å². The van der Waals surface area contributed by atoms with E-state index in [0.29, 0.717) is 27.1 Å². The smallest absolute Gasteiger partial charge is 0.454 e. The molecule has 13 heteroatoms. The van der Waals surface area contributed by atoms with Gasteiger partial charge < -0.3 is 14.2 Å². The van der Waals surface area contributed by atoms with Gasteiger partial charge in [0.1, 0.15) is 28.7 Å². The second-order valence-corrected chi connectivity index (χ2v) is 9.77. The van der Waals surface area contributed by atoms with Crippen molar-refractivity contribution in [1.82, 2.24) is 14.9 Å². The molecule has 0 spiro atoms. The van der Waals surface area contributed by atoms with Crippen LogP contribution in [0.25, 0.3) is 21.3 Å². The second kappa shape index (κ2) is 9.34. The molecule has 2 atom stereocenters. The molecule has 0 N–H and O–H groups in total. The van der Waals surface area contributed by atoms with E-state index >= 15 is 0 Å². The summed E-state index contributed by atoms with van der Waals surface area (Å²) in [4.78, 5) is 9.66. The Labute approximate surface area is 205 Å². The van der Waals surface area contributed by atoms with Crippen molar-refractivity contribution < 1.29 is 40.6 Å². The number of fused-ring (bicyclic) bond motifs is 3. The summed E-state index contributed by atoms with van der Waals surface area (Å²) in [5, 5.41) is 1.74. The average molecular weight is 533 g/mol. The van der Waals surface area contributed by atoms with E-state index in [4.69, 9.17) is 14.2 Å². The Hall–Kier alpha value is -2.64. The first kappa shape index (κ1) is 25.0. The van der Waals surface area contributed by atoms with E-state index in [0.717, 1.165) is 4.90 Å². The normalized spacial score (nSPS) is 23.1. The predicted molar refractivity (Wildman–Crippen MR) is 119 cm³/mol. The highest BCUT2D eigenvalue weighted by Gasteiger charge is 2.59. The van der Waals surface area contributed by atoms with Crippen molar-refractivity contribution in [3.8, 4) is 22.8 Å². The lowest BCUT2D eigenvalue weighted by molar-refractivity contribution is -0.289. The van der Waals surface area contributed by atoms with Gasteiger partial charge in [-0.15, -0.1) is 11.3 Å². The van der Waals surface area contributed by atoms with Crippen LogP contribution in [0.15, 0.2) is 29.9 Å². The molecule has 1 aromatic carbocycles. The van der Waals surface area contributed by atoms with Gasteiger partial charge >= 0.3 is 12.1 Å². The van der Waals surface area contributed by atoms with E-state index in [1.807, 2.05) is 0 Å². The number of alkyl halides is 5. The number of likely N-dealkylation sites (tertiary alicyclic amines) is 1. The summed E-state index contributed by atoms with van der Waals surface area (Å²) in [6.45, 7) is -1.15. The van der Waals surface area contributed by atoms with E-state index in [9.17, 15) is 26.3 Å². The van der Waals surface area contributed by atoms with Gasteiger partial charge in [-0.2, -0.15) is 22.0 Å². The molecule has 2 saturated heterocycles. The third-order valence-corrected chi connectivity index (χ3v) is 7.41. The van der Waals surface area contributed by atoms with Crippen LogP contribution >= 0.6 is 11.3 Å². The van der Waals surface area contributed by atoms with E-state index in [2.05, 4.69) is 9.97 Å². The van der Waals surface area contributed by atoms with Crippen molar-refractivity contribution in [2.75, 3.05) is 40.0 Å². The van der Waals surface area contributed by atoms with Crippen LogP contribution in [0, 0.1) is 17.7 Å². The van der Waals surface area contributed by atoms with Crippen LogP contribution in [0.2, 0.25) is 0 Å². The minimum Gasteiger partial charge on any atom is -0.497 e. The van der Waals surface area contributed by atoms with E-state index in [-0.39, 0.29) is 32.2 Å². The monoisotopic (exact) mass is 533 g/mol. The zero-order valence-corrected chi connectivity index (χ0v) is 19.7. The summed E-state index contributed by atoms with van der Waals surface area (Å²) in [5.41, 5.74) is 1.36. The Kier molecular flexibility index (Phi) is 6.50. The van der Waals surface area contributed by atoms with Crippen molar-refractivity contribution in [2.24, 2.45) is 11.8 Å². The second-order valence-electron chi connectivity index (χ2n) is 8.89. The molecule has 194 valence electrons. The van der Waals surface area contributed by atoms with E-state index in [1.165, 1.54) is 30.8 Å². The summed E-state index contributed by atoms with van der Waals surface area (Å²) in [6.07, 6.45) is -4.81. The van der Waals surface area contributed by atoms with Crippen molar-refractivity contribution in [1.29, 1.82) is 0 Å². The molecule has 0 saturated carbocycles. The number of piperidine rings is 1. The molecule has 3 aromatic rings. The molecule has 2 fully saturated rings. The van der Waals surface area contributed by atoms with E-state index < -0.39 is 42.4 Å². The Morgan fingerprint density at radius 2 is 1.81 bits per heavy atom. The van der Waals surface area contributed by atoms with Gasteiger partial charge in [-0.3, -0.25) is 4.90 Å². The predicted octanol–water partition coefficient (Wildman–Crippen LogP) is 5.03. The highest BCUT2D eigenvalue weighted by molar-refractivity contribution is 7.18. The number of ether oxygens (including phenoxy) is 3. The highest BCUT2D eigenvalue weighted by atomic mass is 32.1. The molecule has 2 bridgehead atoms. The SMILES string of the molecule is COc1ccc(-c2csc3c(OC4C5COCC4CN(CC(F)(F)C(F)(F)F)C5)ncnc23)c(F)c1. The Bertz CT molecular complexity index is 1240. The minimum atomic E-state index is -5.61. The summed E-state index contributed by atoms with van der Waals surface area (Å²) >= 11 is 1.27. The molecule has 2 unspecified atom stereocenters. The Morgan fingerprint density at radius 1 is 1.08 bits per heavy atom. The van der Waals surface area contributed by atoms with Crippen LogP contribution in [0.1, 0.15) is 0 Å². The van der Waals surface area contributed by atoms with Crippen molar-refractivity contribution in [2.45, 2.75) is 18.2 Å². The number of aromatic nitrogens is 2. The van der Waals surface area contributed by atoms with Crippen molar-refractivity contribution in [3.63, 3.8) is 0 Å². The zero-order chi connectivity index (χ0) is 25.7. The maximum Gasteiger partial charge on any atom is 0.454 e. The number of halogens is 6. The average Bonchev–Trinajstić information content (AvgIpc) is 3.23. The Morgan fingerprint density at radius 3 is 2.44 bits per heavy atom. The molecule has 5 rings (SSSR count). The lowest BCUT2D eigenvalue weighted by Crippen LogP contribution is -2.60. The highest BCUT2D eigenvalue weighted by Crippen LogP contribution is 2.41. The first-order valence-corrected chi connectivity index (χ1v) is 11.9. The number of benzene rings is 1. The molecule has 2 aliphatic heterocycles. The fraction of sp³-hybridized carbons (Fsp3) is 0.478.